The molecule has 0 saturated carbocycles. The number of methoxy groups -OCH3 is 1. The van der Waals surface area contributed by atoms with E-state index < -0.39 is 42.6 Å². The third-order valence-electron chi connectivity index (χ3n) is 5.33. The number of Topliss-reactive ketones (excluding diaryl/α,β-unsaturated/α-hetero) is 1. The highest BCUT2D eigenvalue weighted by Crippen LogP contribution is 2.36. The molecule has 9 heteroatoms. The van der Waals surface area contributed by atoms with E-state index >= 15 is 0 Å². The van der Waals surface area contributed by atoms with Gasteiger partial charge < -0.3 is 9.47 Å². The van der Waals surface area contributed by atoms with Gasteiger partial charge in [0.1, 0.15) is 12.4 Å². The van der Waals surface area contributed by atoms with Gasteiger partial charge in [0.2, 0.25) is 0 Å². The zero-order valence-corrected chi connectivity index (χ0v) is 18.6. The van der Waals surface area contributed by atoms with Gasteiger partial charge in [-0.1, -0.05) is 42.5 Å². The number of ketones is 1. The van der Waals surface area contributed by atoms with Crippen LogP contribution >= 0.6 is 0 Å². The molecule has 0 aliphatic heterocycles. The van der Waals surface area contributed by atoms with Crippen LogP contribution in [0.2, 0.25) is 0 Å². The van der Waals surface area contributed by atoms with Crippen molar-refractivity contribution in [2.24, 2.45) is 0 Å². The molecular weight excluding hydrogens is 474 g/mol. The maximum absolute atomic E-state index is 13.1. The molecule has 0 bridgehead atoms. The second-order valence-corrected chi connectivity index (χ2v) is 7.89. The van der Waals surface area contributed by atoms with Crippen molar-refractivity contribution in [3.8, 4) is 5.75 Å². The molecule has 3 rings (SSSR count). The summed E-state index contributed by atoms with van der Waals surface area (Å²) >= 11 is 0. The first-order valence-electron chi connectivity index (χ1n) is 10.5. The number of hydrogen-bond acceptors (Lipinski definition) is 3. The van der Waals surface area contributed by atoms with Gasteiger partial charge in [0.25, 0.3) is 0 Å². The second kappa shape index (κ2) is 10.9. The van der Waals surface area contributed by atoms with E-state index in [-0.39, 0.29) is 17.4 Å². The van der Waals surface area contributed by atoms with Crippen LogP contribution in [-0.4, -0.2) is 19.5 Å². The minimum atomic E-state index is -4.96. The summed E-state index contributed by atoms with van der Waals surface area (Å²) < 4.78 is 89.0. The Balaban J connectivity index is 1.78. The molecule has 186 valence electrons. The molecule has 1 atom stereocenters. The van der Waals surface area contributed by atoms with Gasteiger partial charge in [-0.05, 0) is 53.4 Å². The van der Waals surface area contributed by atoms with Gasteiger partial charge in [0, 0.05) is 5.92 Å². The molecule has 0 fully saturated rings. The topological polar surface area (TPSA) is 35.5 Å². The Morgan fingerprint density at radius 2 is 1.43 bits per heavy atom. The Hall–Kier alpha value is -3.33. The lowest BCUT2D eigenvalue weighted by molar-refractivity contribution is -0.143. The van der Waals surface area contributed by atoms with E-state index in [1.165, 1.54) is 7.11 Å². The lowest BCUT2D eigenvalue weighted by Crippen LogP contribution is -2.21. The molecule has 0 aliphatic rings. The van der Waals surface area contributed by atoms with Gasteiger partial charge in [-0.3, -0.25) is 4.79 Å². The van der Waals surface area contributed by atoms with Gasteiger partial charge in [0.15, 0.2) is 5.78 Å². The van der Waals surface area contributed by atoms with Crippen molar-refractivity contribution in [3.05, 3.63) is 101 Å². The summed E-state index contributed by atoms with van der Waals surface area (Å²) in [4.78, 5) is 13.1. The SMILES string of the molecule is COc1cccc(C(Cc2ccccc2)C(=O)COCc2cc(C(F)(F)F)cc(C(F)(F)F)c2)c1. The number of ether oxygens (including phenoxy) is 2. The van der Waals surface area contributed by atoms with Crippen LogP contribution in [0.3, 0.4) is 0 Å². The molecule has 0 aliphatic carbocycles. The Kier molecular flexibility index (Phi) is 8.22. The highest BCUT2D eigenvalue weighted by molar-refractivity contribution is 5.87. The van der Waals surface area contributed by atoms with Crippen molar-refractivity contribution in [3.63, 3.8) is 0 Å². The summed E-state index contributed by atoms with van der Waals surface area (Å²) in [6.07, 6.45) is -9.59. The van der Waals surface area contributed by atoms with E-state index in [0.717, 1.165) is 5.56 Å². The molecule has 0 spiro atoms. The summed E-state index contributed by atoms with van der Waals surface area (Å²) in [5.41, 5.74) is -1.67. The molecule has 3 aromatic carbocycles. The number of halogens is 6. The molecule has 1 unspecified atom stereocenters. The van der Waals surface area contributed by atoms with Crippen LogP contribution in [0.15, 0.2) is 72.8 Å². The minimum Gasteiger partial charge on any atom is -0.497 e. The van der Waals surface area contributed by atoms with Crippen LogP contribution in [0.4, 0.5) is 26.3 Å². The fourth-order valence-electron chi connectivity index (χ4n) is 3.60. The number of carbonyl (C=O) groups excluding carboxylic acids is 1. The number of alkyl halides is 6. The Morgan fingerprint density at radius 1 is 0.800 bits per heavy atom. The Labute approximate surface area is 198 Å². The summed E-state index contributed by atoms with van der Waals surface area (Å²) in [5.74, 6) is -0.484. The third-order valence-corrected chi connectivity index (χ3v) is 5.33. The fourth-order valence-corrected chi connectivity index (χ4v) is 3.60. The summed E-state index contributed by atoms with van der Waals surface area (Å²) in [7, 11) is 1.49. The largest absolute Gasteiger partial charge is 0.497 e. The molecule has 3 aromatic rings. The smallest absolute Gasteiger partial charge is 0.416 e. The molecule has 0 aromatic heterocycles. The predicted octanol–water partition coefficient (Wildman–Crippen LogP) is 6.85. The van der Waals surface area contributed by atoms with E-state index in [1.807, 2.05) is 30.3 Å². The quantitative estimate of drug-likeness (QED) is 0.304. The molecule has 0 radical (unpaired) electrons. The van der Waals surface area contributed by atoms with E-state index in [4.69, 9.17) is 9.47 Å². The minimum absolute atomic E-state index is 0.0489. The molecule has 3 nitrogen and oxygen atoms in total. The number of benzene rings is 3. The third kappa shape index (κ3) is 7.32. The van der Waals surface area contributed by atoms with E-state index in [2.05, 4.69) is 0 Å². The highest BCUT2D eigenvalue weighted by atomic mass is 19.4. The molecular formula is C26H22F6O3. The monoisotopic (exact) mass is 496 g/mol. The predicted molar refractivity (Wildman–Crippen MR) is 117 cm³/mol. The van der Waals surface area contributed by atoms with Crippen LogP contribution < -0.4 is 4.74 Å². The van der Waals surface area contributed by atoms with Crippen molar-refractivity contribution in [2.75, 3.05) is 13.7 Å². The lowest BCUT2D eigenvalue weighted by atomic mass is 9.88. The van der Waals surface area contributed by atoms with Gasteiger partial charge in [-0.15, -0.1) is 0 Å². The Morgan fingerprint density at radius 3 is 2.00 bits per heavy atom. The van der Waals surface area contributed by atoms with Crippen molar-refractivity contribution >= 4 is 5.78 Å². The Bertz CT molecular complexity index is 1110. The summed E-state index contributed by atoms with van der Waals surface area (Å²) in [6.45, 7) is -1.08. The van der Waals surface area contributed by atoms with Gasteiger partial charge in [-0.25, -0.2) is 0 Å². The van der Waals surface area contributed by atoms with Gasteiger partial charge in [0.05, 0.1) is 24.8 Å². The summed E-state index contributed by atoms with van der Waals surface area (Å²) in [6, 6.07) is 17.3. The van der Waals surface area contributed by atoms with Crippen LogP contribution in [0, 0.1) is 0 Å². The van der Waals surface area contributed by atoms with Crippen LogP contribution in [0.25, 0.3) is 0 Å². The van der Waals surface area contributed by atoms with E-state index in [1.54, 1.807) is 24.3 Å². The van der Waals surface area contributed by atoms with Crippen LogP contribution in [-0.2, 0) is 34.9 Å². The first-order chi connectivity index (χ1) is 16.5. The first kappa shape index (κ1) is 26.3. The normalized spacial score (nSPS) is 12.9. The van der Waals surface area contributed by atoms with Crippen molar-refractivity contribution in [1.82, 2.24) is 0 Å². The molecule has 0 amide bonds. The van der Waals surface area contributed by atoms with E-state index in [0.29, 0.717) is 29.9 Å². The zero-order chi connectivity index (χ0) is 25.6. The second-order valence-electron chi connectivity index (χ2n) is 7.89. The molecule has 0 saturated heterocycles. The lowest BCUT2D eigenvalue weighted by Gasteiger charge is -2.18. The van der Waals surface area contributed by atoms with Crippen LogP contribution in [0.1, 0.15) is 33.7 Å². The number of hydrogen-bond donors (Lipinski definition) is 0. The average Bonchev–Trinajstić information content (AvgIpc) is 2.82. The van der Waals surface area contributed by atoms with Crippen molar-refractivity contribution in [1.29, 1.82) is 0 Å². The first-order valence-corrected chi connectivity index (χ1v) is 10.5. The number of rotatable bonds is 9. The van der Waals surface area contributed by atoms with E-state index in [9.17, 15) is 31.1 Å². The highest BCUT2D eigenvalue weighted by Gasteiger charge is 2.37. The zero-order valence-electron chi connectivity index (χ0n) is 18.6. The van der Waals surface area contributed by atoms with Gasteiger partial charge in [-0.2, -0.15) is 26.3 Å². The molecule has 0 heterocycles. The standard InChI is InChI=1S/C26H22F6O3/c1-34-22-9-5-8-19(13-22)23(12-17-6-3-2-4-7-17)24(33)16-35-15-18-10-20(25(27,28)29)14-21(11-18)26(30,31)32/h2-11,13-14,23H,12,15-16H2,1H3. The fraction of sp³-hybridized carbons (Fsp3) is 0.269. The van der Waals surface area contributed by atoms with Gasteiger partial charge >= 0.3 is 12.4 Å². The maximum Gasteiger partial charge on any atom is 0.416 e. The molecule has 0 N–H and O–H groups in total. The van der Waals surface area contributed by atoms with Crippen LogP contribution in [0.5, 0.6) is 5.75 Å². The number of carbonyl (C=O) groups is 1. The summed E-state index contributed by atoms with van der Waals surface area (Å²) in [5, 5.41) is 0. The molecule has 35 heavy (non-hydrogen) atoms. The maximum atomic E-state index is 13.1. The van der Waals surface area contributed by atoms with Crippen molar-refractivity contribution < 1.29 is 40.6 Å². The van der Waals surface area contributed by atoms with Crippen molar-refractivity contribution in [2.45, 2.75) is 31.3 Å². The average molecular weight is 496 g/mol.